The Hall–Kier alpha value is -1.54. The third-order valence-corrected chi connectivity index (χ3v) is 2.63. The van der Waals surface area contributed by atoms with Crippen LogP contribution in [0.2, 0.25) is 0 Å². The first-order chi connectivity index (χ1) is 7.65. The summed E-state index contributed by atoms with van der Waals surface area (Å²) in [7, 11) is 0. The first kappa shape index (κ1) is 12.5. The number of carbonyl (C=O) groups excluding carboxylic acids is 1. The van der Waals surface area contributed by atoms with Crippen molar-refractivity contribution in [3.05, 3.63) is 0 Å². The number of carboxylic acid groups (broad SMARTS) is 1. The van der Waals surface area contributed by atoms with Crippen molar-refractivity contribution in [3.63, 3.8) is 0 Å². The van der Waals surface area contributed by atoms with E-state index in [-0.39, 0.29) is 19.0 Å². The zero-order valence-corrected chi connectivity index (χ0v) is 9.11. The Kier molecular flexibility index (Phi) is 4.80. The van der Waals surface area contributed by atoms with Crippen LogP contribution in [0.25, 0.3) is 0 Å². The molecule has 0 spiro atoms. The molecule has 5 nitrogen and oxygen atoms in total. The van der Waals surface area contributed by atoms with Gasteiger partial charge in [-0.15, -0.1) is 6.42 Å². The van der Waals surface area contributed by atoms with Crippen LogP contribution >= 0.6 is 0 Å². The van der Waals surface area contributed by atoms with Crippen LogP contribution in [0.5, 0.6) is 0 Å². The quantitative estimate of drug-likeness (QED) is 0.642. The molecular formula is C11H16N2O3. The van der Waals surface area contributed by atoms with Gasteiger partial charge >= 0.3 is 5.97 Å². The number of carbonyl (C=O) groups is 2. The van der Waals surface area contributed by atoms with E-state index in [2.05, 4.69) is 11.2 Å². The van der Waals surface area contributed by atoms with E-state index in [0.29, 0.717) is 13.0 Å². The SMILES string of the molecule is C#CCNC(=O)CN1CCCCC1C(=O)O. The maximum atomic E-state index is 11.4. The fourth-order valence-electron chi connectivity index (χ4n) is 1.85. The third-order valence-electron chi connectivity index (χ3n) is 2.63. The van der Waals surface area contributed by atoms with Crippen LogP contribution in [0.1, 0.15) is 19.3 Å². The molecule has 1 heterocycles. The molecule has 1 aliphatic rings. The Morgan fingerprint density at radius 1 is 1.50 bits per heavy atom. The molecule has 1 saturated heterocycles. The monoisotopic (exact) mass is 224 g/mol. The smallest absolute Gasteiger partial charge is 0.320 e. The summed E-state index contributed by atoms with van der Waals surface area (Å²) < 4.78 is 0. The number of hydrogen-bond donors (Lipinski definition) is 2. The first-order valence-corrected chi connectivity index (χ1v) is 5.32. The van der Waals surface area contributed by atoms with Gasteiger partial charge in [0.2, 0.25) is 5.91 Å². The van der Waals surface area contributed by atoms with Gasteiger partial charge in [0.25, 0.3) is 0 Å². The number of piperidine rings is 1. The lowest BCUT2D eigenvalue weighted by molar-refractivity contribution is -0.145. The predicted molar refractivity (Wildman–Crippen MR) is 58.7 cm³/mol. The lowest BCUT2D eigenvalue weighted by Crippen LogP contribution is -2.49. The van der Waals surface area contributed by atoms with E-state index in [0.717, 1.165) is 12.8 Å². The van der Waals surface area contributed by atoms with Gasteiger partial charge in [0, 0.05) is 0 Å². The number of nitrogens with one attached hydrogen (secondary N) is 1. The molecule has 1 aliphatic heterocycles. The maximum Gasteiger partial charge on any atom is 0.320 e. The molecule has 1 fully saturated rings. The number of carboxylic acids is 1. The van der Waals surface area contributed by atoms with E-state index < -0.39 is 12.0 Å². The minimum Gasteiger partial charge on any atom is -0.480 e. The van der Waals surface area contributed by atoms with Gasteiger partial charge in [0.15, 0.2) is 0 Å². The number of terminal acetylenes is 1. The highest BCUT2D eigenvalue weighted by Gasteiger charge is 2.29. The molecule has 5 heteroatoms. The average molecular weight is 224 g/mol. The molecule has 0 bridgehead atoms. The van der Waals surface area contributed by atoms with Crippen LogP contribution in [-0.4, -0.2) is 47.6 Å². The number of nitrogens with zero attached hydrogens (tertiary/aromatic N) is 1. The number of hydrogen-bond acceptors (Lipinski definition) is 3. The van der Waals surface area contributed by atoms with Gasteiger partial charge in [-0.05, 0) is 19.4 Å². The van der Waals surface area contributed by atoms with E-state index >= 15 is 0 Å². The second-order valence-corrected chi connectivity index (χ2v) is 3.80. The van der Waals surface area contributed by atoms with E-state index in [9.17, 15) is 9.59 Å². The topological polar surface area (TPSA) is 69.6 Å². The highest BCUT2D eigenvalue weighted by atomic mass is 16.4. The molecule has 1 rings (SSSR count). The fraction of sp³-hybridized carbons (Fsp3) is 0.636. The van der Waals surface area contributed by atoms with Crippen molar-refractivity contribution in [2.24, 2.45) is 0 Å². The van der Waals surface area contributed by atoms with Crippen LogP contribution in [0, 0.1) is 12.3 Å². The standard InChI is InChI=1S/C11H16N2O3/c1-2-6-12-10(14)8-13-7-4-3-5-9(13)11(15)16/h1,9H,3-8H2,(H,12,14)(H,15,16). The second-order valence-electron chi connectivity index (χ2n) is 3.80. The summed E-state index contributed by atoms with van der Waals surface area (Å²) in [6, 6.07) is -0.537. The van der Waals surface area contributed by atoms with Gasteiger partial charge in [-0.2, -0.15) is 0 Å². The molecule has 1 amide bonds. The normalized spacial score (nSPS) is 21.1. The Morgan fingerprint density at radius 2 is 2.25 bits per heavy atom. The fourth-order valence-corrected chi connectivity index (χ4v) is 1.85. The predicted octanol–water partition coefficient (Wildman–Crippen LogP) is -0.325. The molecule has 1 unspecified atom stereocenters. The molecule has 0 aromatic rings. The number of amides is 1. The van der Waals surface area contributed by atoms with Gasteiger partial charge < -0.3 is 10.4 Å². The molecule has 88 valence electrons. The van der Waals surface area contributed by atoms with E-state index in [1.54, 1.807) is 4.90 Å². The molecule has 0 radical (unpaired) electrons. The Labute approximate surface area is 94.8 Å². The van der Waals surface area contributed by atoms with Gasteiger partial charge in [-0.25, -0.2) is 0 Å². The van der Waals surface area contributed by atoms with Gasteiger partial charge in [-0.1, -0.05) is 12.3 Å². The summed E-state index contributed by atoms with van der Waals surface area (Å²) in [5.74, 6) is 1.23. The largest absolute Gasteiger partial charge is 0.480 e. The van der Waals surface area contributed by atoms with Gasteiger partial charge in [-0.3, -0.25) is 14.5 Å². The third kappa shape index (κ3) is 3.55. The first-order valence-electron chi connectivity index (χ1n) is 5.32. The van der Waals surface area contributed by atoms with Crippen LogP contribution in [0.4, 0.5) is 0 Å². The minimum absolute atomic E-state index is 0.110. The summed E-state index contributed by atoms with van der Waals surface area (Å²) in [6.45, 7) is 0.948. The molecule has 2 N–H and O–H groups in total. The van der Waals surface area contributed by atoms with Crippen molar-refractivity contribution < 1.29 is 14.7 Å². The van der Waals surface area contributed by atoms with Crippen LogP contribution in [0.3, 0.4) is 0 Å². The van der Waals surface area contributed by atoms with Crippen molar-refractivity contribution in [2.75, 3.05) is 19.6 Å². The van der Waals surface area contributed by atoms with Crippen molar-refractivity contribution >= 4 is 11.9 Å². The summed E-state index contributed by atoms with van der Waals surface area (Å²) in [6.07, 6.45) is 7.46. The highest BCUT2D eigenvalue weighted by molar-refractivity contribution is 5.80. The lowest BCUT2D eigenvalue weighted by atomic mass is 10.0. The summed E-state index contributed by atoms with van der Waals surface area (Å²) in [4.78, 5) is 24.0. The van der Waals surface area contributed by atoms with Crippen molar-refractivity contribution in [1.82, 2.24) is 10.2 Å². The van der Waals surface area contributed by atoms with E-state index in [1.165, 1.54) is 0 Å². The molecule has 0 aliphatic carbocycles. The zero-order chi connectivity index (χ0) is 12.0. The zero-order valence-electron chi connectivity index (χ0n) is 9.11. The summed E-state index contributed by atoms with van der Waals surface area (Å²) >= 11 is 0. The van der Waals surface area contributed by atoms with Crippen LogP contribution in [0.15, 0.2) is 0 Å². The summed E-state index contributed by atoms with van der Waals surface area (Å²) in [5, 5.41) is 11.5. The molecule has 1 atom stereocenters. The van der Waals surface area contributed by atoms with Crippen LogP contribution < -0.4 is 5.32 Å². The summed E-state index contributed by atoms with van der Waals surface area (Å²) in [5.41, 5.74) is 0. The van der Waals surface area contributed by atoms with E-state index in [1.807, 2.05) is 0 Å². The average Bonchev–Trinajstić information content (AvgIpc) is 2.27. The number of likely N-dealkylation sites (tertiary alicyclic amines) is 1. The Balaban J connectivity index is 2.47. The van der Waals surface area contributed by atoms with Gasteiger partial charge in [0.1, 0.15) is 6.04 Å². The number of rotatable bonds is 4. The molecule has 0 aromatic carbocycles. The highest BCUT2D eigenvalue weighted by Crippen LogP contribution is 2.16. The lowest BCUT2D eigenvalue weighted by Gasteiger charge is -2.32. The van der Waals surface area contributed by atoms with Crippen molar-refractivity contribution in [1.29, 1.82) is 0 Å². The van der Waals surface area contributed by atoms with Crippen molar-refractivity contribution in [3.8, 4) is 12.3 Å². The molecule has 16 heavy (non-hydrogen) atoms. The molecule has 0 saturated carbocycles. The van der Waals surface area contributed by atoms with Crippen molar-refractivity contribution in [2.45, 2.75) is 25.3 Å². The van der Waals surface area contributed by atoms with Crippen LogP contribution in [-0.2, 0) is 9.59 Å². The van der Waals surface area contributed by atoms with Gasteiger partial charge in [0.05, 0.1) is 13.1 Å². The Morgan fingerprint density at radius 3 is 2.88 bits per heavy atom. The second kappa shape index (κ2) is 6.13. The minimum atomic E-state index is -0.857. The van der Waals surface area contributed by atoms with E-state index in [4.69, 9.17) is 11.5 Å². The molecule has 0 aromatic heterocycles. The molecular weight excluding hydrogens is 208 g/mol. The Bertz CT molecular complexity index is 309. The maximum absolute atomic E-state index is 11.4. The number of aliphatic carboxylic acids is 1.